The molecule has 2 atom stereocenters. The number of azide groups is 1. The molecule has 0 bridgehead atoms. The van der Waals surface area contributed by atoms with Crippen LogP contribution in [0, 0.1) is 17.8 Å². The van der Waals surface area contributed by atoms with Crippen LogP contribution in [0.25, 0.3) is 21.7 Å². The van der Waals surface area contributed by atoms with Crippen molar-refractivity contribution in [2.45, 2.75) is 38.1 Å². The van der Waals surface area contributed by atoms with Gasteiger partial charge in [0, 0.05) is 34.7 Å². The molecule has 0 radical (unpaired) electrons. The Kier molecular flexibility index (Phi) is 6.12. The minimum atomic E-state index is -0.949. The summed E-state index contributed by atoms with van der Waals surface area (Å²) >= 11 is 0. The summed E-state index contributed by atoms with van der Waals surface area (Å²) in [6, 6.07) is 9.27. The maximum Gasteiger partial charge on any atom is 0.180 e. The largest absolute Gasteiger partial charge is 0.381 e. The van der Waals surface area contributed by atoms with E-state index in [1.54, 1.807) is 13.0 Å². The first kappa shape index (κ1) is 19.0. The van der Waals surface area contributed by atoms with Gasteiger partial charge in [0.15, 0.2) is 12.0 Å². The average Bonchev–Trinajstić information content (AvgIpc) is 3.12. The molecule has 1 saturated carbocycles. The third-order valence-corrected chi connectivity index (χ3v) is 4.41. The minimum Gasteiger partial charge on any atom is -0.381 e. The number of benzene rings is 1. The molecule has 0 amide bonds. The molecule has 1 aliphatic carbocycles. The van der Waals surface area contributed by atoms with Crippen LogP contribution in [0.1, 0.15) is 37.3 Å². The molecule has 2 aromatic rings. The van der Waals surface area contributed by atoms with Gasteiger partial charge in [-0.15, -0.1) is 0 Å². The third-order valence-electron chi connectivity index (χ3n) is 4.41. The first-order chi connectivity index (χ1) is 13.0. The zero-order chi connectivity index (χ0) is 19.2. The Morgan fingerprint density at radius 2 is 2.22 bits per heavy atom. The topological polar surface area (TPSA) is 127 Å². The van der Waals surface area contributed by atoms with Crippen LogP contribution in [0.4, 0.5) is 0 Å². The Balaban J connectivity index is 1.61. The van der Waals surface area contributed by atoms with Crippen molar-refractivity contribution in [1.82, 2.24) is 10.5 Å². The monoisotopic (exact) mass is 367 g/mol. The Morgan fingerprint density at radius 1 is 1.41 bits per heavy atom. The van der Waals surface area contributed by atoms with Crippen molar-refractivity contribution >= 4 is 0 Å². The fourth-order valence-corrected chi connectivity index (χ4v) is 2.98. The van der Waals surface area contributed by atoms with Crippen molar-refractivity contribution in [3.8, 4) is 23.1 Å². The van der Waals surface area contributed by atoms with E-state index in [0.29, 0.717) is 23.9 Å². The van der Waals surface area contributed by atoms with Crippen molar-refractivity contribution in [3.63, 3.8) is 0 Å². The second kappa shape index (κ2) is 8.71. The third kappa shape index (κ3) is 5.09. The summed E-state index contributed by atoms with van der Waals surface area (Å²) in [7, 11) is 0. The van der Waals surface area contributed by atoms with E-state index >= 15 is 0 Å². The van der Waals surface area contributed by atoms with E-state index in [1.165, 1.54) is 0 Å². The van der Waals surface area contributed by atoms with Crippen LogP contribution in [-0.2, 0) is 0 Å². The number of hydrogen-bond acceptors (Lipinski definition) is 6. The summed E-state index contributed by atoms with van der Waals surface area (Å²) in [6.07, 6.45) is 0.0588. The normalized spacial score (nSPS) is 20.6. The molecule has 8 nitrogen and oxygen atoms in total. The molecule has 1 fully saturated rings. The Bertz CT molecular complexity index is 886. The number of hydrogen-bond donors (Lipinski definition) is 3. The summed E-state index contributed by atoms with van der Waals surface area (Å²) in [5.41, 5.74) is 10.5. The fourth-order valence-electron chi connectivity index (χ4n) is 2.98. The summed E-state index contributed by atoms with van der Waals surface area (Å²) in [5, 5.41) is 30.2. The first-order valence-corrected chi connectivity index (χ1v) is 8.76. The van der Waals surface area contributed by atoms with Crippen molar-refractivity contribution in [1.29, 1.82) is 0 Å². The van der Waals surface area contributed by atoms with Crippen LogP contribution < -0.4 is 5.32 Å². The van der Waals surface area contributed by atoms with E-state index in [1.807, 2.05) is 24.3 Å². The number of aliphatic hydroxyl groups excluding tert-OH is 2. The van der Waals surface area contributed by atoms with Gasteiger partial charge < -0.3 is 14.7 Å². The predicted octanol–water partition coefficient (Wildman–Crippen LogP) is 2.74. The van der Waals surface area contributed by atoms with Gasteiger partial charge in [0.2, 0.25) is 0 Å². The molecule has 1 aromatic carbocycles. The van der Waals surface area contributed by atoms with Crippen LogP contribution >= 0.6 is 0 Å². The maximum absolute atomic E-state index is 10.3. The highest BCUT2D eigenvalue weighted by molar-refractivity contribution is 5.61. The summed E-state index contributed by atoms with van der Waals surface area (Å²) in [4.78, 5) is 2.76. The summed E-state index contributed by atoms with van der Waals surface area (Å²) < 4.78 is 5.28. The quantitative estimate of drug-likeness (QED) is 0.238. The van der Waals surface area contributed by atoms with Gasteiger partial charge in [-0.05, 0) is 43.3 Å². The lowest BCUT2D eigenvalue weighted by atomic mass is 9.80. The van der Waals surface area contributed by atoms with Gasteiger partial charge in [-0.3, -0.25) is 5.32 Å². The molecule has 3 N–H and O–H groups in total. The molecular formula is C19H21N5O3. The molecule has 140 valence electrons. The van der Waals surface area contributed by atoms with E-state index < -0.39 is 12.3 Å². The van der Waals surface area contributed by atoms with E-state index in [4.69, 9.17) is 10.1 Å². The molecule has 0 spiro atoms. The van der Waals surface area contributed by atoms with Crippen LogP contribution in [0.15, 0.2) is 40.0 Å². The zero-order valence-corrected chi connectivity index (χ0v) is 14.9. The molecular weight excluding hydrogens is 346 g/mol. The maximum atomic E-state index is 10.3. The molecule has 3 rings (SSSR count). The van der Waals surface area contributed by atoms with Crippen LogP contribution in [0.2, 0.25) is 0 Å². The zero-order valence-electron chi connectivity index (χ0n) is 14.9. The smallest absolute Gasteiger partial charge is 0.180 e. The predicted molar refractivity (Wildman–Crippen MR) is 99.1 cm³/mol. The lowest BCUT2D eigenvalue weighted by Gasteiger charge is -2.36. The van der Waals surface area contributed by atoms with Crippen molar-refractivity contribution in [3.05, 3.63) is 52.1 Å². The second-order valence-electron chi connectivity index (χ2n) is 6.66. The molecule has 0 aliphatic heterocycles. The fraction of sp³-hybridized carbons (Fsp3) is 0.421. The Hall–Kier alpha value is -2.82. The highest BCUT2D eigenvalue weighted by Gasteiger charge is 2.30. The second-order valence-corrected chi connectivity index (χ2v) is 6.66. The lowest BCUT2D eigenvalue weighted by Crippen LogP contribution is -2.43. The molecule has 0 saturated heterocycles. The first-order valence-electron chi connectivity index (χ1n) is 8.76. The molecule has 1 aromatic heterocycles. The van der Waals surface area contributed by atoms with E-state index in [0.717, 1.165) is 24.0 Å². The van der Waals surface area contributed by atoms with Crippen LogP contribution in [0.5, 0.6) is 0 Å². The van der Waals surface area contributed by atoms with E-state index in [2.05, 4.69) is 32.3 Å². The van der Waals surface area contributed by atoms with Gasteiger partial charge in [-0.25, -0.2) is 0 Å². The Labute approximate surface area is 156 Å². The van der Waals surface area contributed by atoms with Gasteiger partial charge >= 0.3 is 0 Å². The van der Waals surface area contributed by atoms with Crippen molar-refractivity contribution in [2.24, 2.45) is 11.0 Å². The van der Waals surface area contributed by atoms with E-state index in [-0.39, 0.29) is 6.04 Å². The molecule has 1 unspecified atom stereocenters. The van der Waals surface area contributed by atoms with Crippen LogP contribution in [-0.4, -0.2) is 34.1 Å². The number of aliphatic hydroxyl groups is 2. The van der Waals surface area contributed by atoms with Gasteiger partial charge in [-0.2, -0.15) is 0 Å². The van der Waals surface area contributed by atoms with Crippen LogP contribution in [0.3, 0.4) is 0 Å². The van der Waals surface area contributed by atoms with E-state index in [9.17, 15) is 10.2 Å². The molecule has 8 heteroatoms. The summed E-state index contributed by atoms with van der Waals surface area (Å²) in [6.45, 7) is 2.10. The minimum absolute atomic E-state index is 0.159. The molecule has 1 aliphatic rings. The number of nitrogens with one attached hydrogen (secondary N) is 1. The average molecular weight is 367 g/mol. The number of aromatic nitrogens is 1. The lowest BCUT2D eigenvalue weighted by molar-refractivity contribution is 0.0641. The highest BCUT2D eigenvalue weighted by atomic mass is 16.5. The van der Waals surface area contributed by atoms with Crippen molar-refractivity contribution < 1.29 is 14.7 Å². The molecule has 27 heavy (non-hydrogen) atoms. The van der Waals surface area contributed by atoms with Gasteiger partial charge in [0.25, 0.3) is 0 Å². The van der Waals surface area contributed by atoms with Gasteiger partial charge in [0.1, 0.15) is 11.8 Å². The standard InChI is InChI=1S/C19H21N5O3/c1-12(25)5-6-13-3-2-4-15(7-13)17-10-18(27-23-17)19(26)22-16-8-14(9-16)11-21-24-20/h2-4,7,10,12,14,16,19,22,25-26H,8-9,11H2,1H3/t12-,14-,16+,19?/m1/s1. The Morgan fingerprint density at radius 3 is 2.96 bits per heavy atom. The SMILES string of the molecule is C[C@@H](O)C#Cc1cccc(-c2cc(C(O)N[C@H]3C[C@@H](CN=[N+]=[N-])C3)on2)c1. The van der Waals surface area contributed by atoms with Gasteiger partial charge in [-0.1, -0.05) is 34.2 Å². The highest BCUT2D eigenvalue weighted by Crippen LogP contribution is 2.30. The number of nitrogens with zero attached hydrogens (tertiary/aromatic N) is 4. The van der Waals surface area contributed by atoms with Crippen molar-refractivity contribution in [2.75, 3.05) is 6.54 Å². The van der Waals surface area contributed by atoms with Gasteiger partial charge in [0.05, 0.1) is 0 Å². The number of rotatable bonds is 6. The molecule has 1 heterocycles. The summed E-state index contributed by atoms with van der Waals surface area (Å²) in [5.74, 6) is 6.29.